The van der Waals surface area contributed by atoms with E-state index in [4.69, 9.17) is 5.26 Å². The second kappa shape index (κ2) is 6.14. The highest BCUT2D eigenvalue weighted by molar-refractivity contribution is 5.10. The maximum Gasteiger partial charge on any atom is 0.0638 e. The number of rotatable bonds is 3. The van der Waals surface area contributed by atoms with E-state index in [1.54, 1.807) is 0 Å². The van der Waals surface area contributed by atoms with Crippen molar-refractivity contribution in [3.63, 3.8) is 0 Å². The molecule has 4 nitrogen and oxygen atoms in total. The van der Waals surface area contributed by atoms with Crippen molar-refractivity contribution in [2.45, 2.75) is 44.8 Å². The molecule has 1 atom stereocenters. The molecular formula is C15H22N4. The van der Waals surface area contributed by atoms with E-state index >= 15 is 0 Å². The Morgan fingerprint density at radius 1 is 1.47 bits per heavy atom. The van der Waals surface area contributed by atoms with Crippen LogP contribution >= 0.6 is 0 Å². The predicted octanol–water partition coefficient (Wildman–Crippen LogP) is 1.94. The number of hydrogen-bond donors (Lipinski definition) is 1. The van der Waals surface area contributed by atoms with Gasteiger partial charge in [0.15, 0.2) is 0 Å². The Hall–Kier alpha value is -1.44. The molecule has 0 aromatic carbocycles. The summed E-state index contributed by atoms with van der Waals surface area (Å²) in [5, 5.41) is 12.4. The van der Waals surface area contributed by atoms with Crippen molar-refractivity contribution < 1.29 is 0 Å². The molecule has 1 aliphatic heterocycles. The Morgan fingerprint density at radius 3 is 2.89 bits per heavy atom. The number of aromatic nitrogens is 1. The van der Waals surface area contributed by atoms with E-state index in [2.05, 4.69) is 47.3 Å². The van der Waals surface area contributed by atoms with Gasteiger partial charge in [0.05, 0.1) is 12.5 Å². The van der Waals surface area contributed by atoms with Gasteiger partial charge in [0.2, 0.25) is 0 Å². The van der Waals surface area contributed by atoms with Crippen molar-refractivity contribution in [1.82, 2.24) is 15.2 Å². The topological polar surface area (TPSA) is 52.0 Å². The van der Waals surface area contributed by atoms with Gasteiger partial charge in [0.25, 0.3) is 0 Å². The summed E-state index contributed by atoms with van der Waals surface area (Å²) in [5.74, 6) is 0. The predicted molar refractivity (Wildman–Crippen MR) is 75.4 cm³/mol. The monoisotopic (exact) mass is 258 g/mol. The second-order valence-electron chi connectivity index (χ2n) is 5.81. The summed E-state index contributed by atoms with van der Waals surface area (Å²) in [7, 11) is 0. The molecule has 1 unspecified atom stereocenters. The minimum absolute atomic E-state index is 0.153. The smallest absolute Gasteiger partial charge is 0.0638 e. The largest absolute Gasteiger partial charge is 0.312 e. The van der Waals surface area contributed by atoms with Crippen LogP contribution in [0.2, 0.25) is 0 Å². The number of hydrogen-bond acceptors (Lipinski definition) is 4. The van der Waals surface area contributed by atoms with Gasteiger partial charge in [0, 0.05) is 37.1 Å². The SMILES string of the molecule is CC1(C)CCNC(CC#N)CN1Cc1ccncc1. The van der Waals surface area contributed by atoms with E-state index in [1.807, 2.05) is 12.4 Å². The summed E-state index contributed by atoms with van der Waals surface area (Å²) in [6, 6.07) is 6.68. The first kappa shape index (κ1) is 14.0. The molecule has 2 heterocycles. The summed E-state index contributed by atoms with van der Waals surface area (Å²) in [5.41, 5.74) is 1.43. The molecule has 0 bridgehead atoms. The van der Waals surface area contributed by atoms with Crippen LogP contribution in [0.15, 0.2) is 24.5 Å². The Labute approximate surface area is 115 Å². The normalized spacial score (nSPS) is 23.5. The van der Waals surface area contributed by atoms with E-state index in [-0.39, 0.29) is 11.6 Å². The molecule has 4 heteroatoms. The lowest BCUT2D eigenvalue weighted by molar-refractivity contribution is 0.111. The molecule has 102 valence electrons. The molecule has 2 rings (SSSR count). The van der Waals surface area contributed by atoms with E-state index in [0.717, 1.165) is 26.1 Å². The maximum absolute atomic E-state index is 8.90. The third kappa shape index (κ3) is 3.76. The van der Waals surface area contributed by atoms with Crippen LogP contribution in [0.25, 0.3) is 0 Å². The van der Waals surface area contributed by atoms with Crippen LogP contribution in [0.5, 0.6) is 0 Å². The molecule has 1 aromatic rings. The van der Waals surface area contributed by atoms with Crippen LogP contribution in [0.3, 0.4) is 0 Å². The third-order valence-electron chi connectivity index (χ3n) is 3.93. The van der Waals surface area contributed by atoms with Gasteiger partial charge in [-0.25, -0.2) is 0 Å². The van der Waals surface area contributed by atoms with Crippen LogP contribution < -0.4 is 5.32 Å². The molecule has 1 N–H and O–H groups in total. The first-order valence-corrected chi connectivity index (χ1v) is 6.86. The van der Waals surface area contributed by atoms with Crippen LogP contribution in [0, 0.1) is 11.3 Å². The van der Waals surface area contributed by atoms with E-state index in [0.29, 0.717) is 6.42 Å². The number of nitrogens with zero attached hydrogens (tertiary/aromatic N) is 3. The van der Waals surface area contributed by atoms with Gasteiger partial charge >= 0.3 is 0 Å². The molecule has 1 aliphatic rings. The first-order valence-electron chi connectivity index (χ1n) is 6.86. The Morgan fingerprint density at radius 2 is 2.21 bits per heavy atom. The third-order valence-corrected chi connectivity index (χ3v) is 3.93. The second-order valence-corrected chi connectivity index (χ2v) is 5.81. The standard InChI is InChI=1S/C15H22N4/c1-15(2)6-10-18-14(3-7-16)12-19(15)11-13-4-8-17-9-5-13/h4-5,8-9,14,18H,3,6,10-12H2,1-2H3. The number of pyridine rings is 1. The van der Waals surface area contributed by atoms with Crippen molar-refractivity contribution in [3.05, 3.63) is 30.1 Å². The molecule has 0 radical (unpaired) electrons. The van der Waals surface area contributed by atoms with Gasteiger partial charge in [-0.2, -0.15) is 5.26 Å². The lowest BCUT2D eigenvalue weighted by atomic mass is 9.97. The summed E-state index contributed by atoms with van der Waals surface area (Å²) in [6.07, 6.45) is 5.35. The zero-order valence-electron chi connectivity index (χ0n) is 11.8. The number of nitrogens with one attached hydrogen (secondary N) is 1. The van der Waals surface area contributed by atoms with Gasteiger partial charge in [0.1, 0.15) is 0 Å². The van der Waals surface area contributed by atoms with Gasteiger partial charge in [-0.1, -0.05) is 0 Å². The lowest BCUT2D eigenvalue weighted by Gasteiger charge is -2.37. The van der Waals surface area contributed by atoms with Gasteiger partial charge in [-0.15, -0.1) is 0 Å². The fourth-order valence-corrected chi connectivity index (χ4v) is 2.55. The van der Waals surface area contributed by atoms with Crippen LogP contribution in [0.1, 0.15) is 32.3 Å². The van der Waals surface area contributed by atoms with Crippen molar-refractivity contribution in [2.75, 3.05) is 13.1 Å². The van der Waals surface area contributed by atoms with Gasteiger partial charge < -0.3 is 5.32 Å². The highest BCUT2D eigenvalue weighted by atomic mass is 15.2. The quantitative estimate of drug-likeness (QED) is 0.900. The zero-order valence-corrected chi connectivity index (χ0v) is 11.8. The number of nitriles is 1. The minimum Gasteiger partial charge on any atom is -0.312 e. The van der Waals surface area contributed by atoms with E-state index in [1.165, 1.54) is 5.56 Å². The molecule has 1 saturated heterocycles. The van der Waals surface area contributed by atoms with Crippen molar-refractivity contribution >= 4 is 0 Å². The van der Waals surface area contributed by atoms with Crippen LogP contribution in [-0.2, 0) is 6.54 Å². The van der Waals surface area contributed by atoms with E-state index in [9.17, 15) is 0 Å². The average molecular weight is 258 g/mol. The molecule has 19 heavy (non-hydrogen) atoms. The van der Waals surface area contributed by atoms with Crippen molar-refractivity contribution in [3.8, 4) is 6.07 Å². The molecule has 1 aromatic heterocycles. The highest BCUT2D eigenvalue weighted by Gasteiger charge is 2.31. The first-order chi connectivity index (χ1) is 9.12. The Balaban J connectivity index is 2.11. The summed E-state index contributed by atoms with van der Waals surface area (Å²) < 4.78 is 0. The van der Waals surface area contributed by atoms with Gasteiger partial charge in [-0.3, -0.25) is 9.88 Å². The van der Waals surface area contributed by atoms with Crippen LogP contribution in [0.4, 0.5) is 0 Å². The molecule has 0 amide bonds. The van der Waals surface area contributed by atoms with Crippen molar-refractivity contribution in [1.29, 1.82) is 5.26 Å². The fourth-order valence-electron chi connectivity index (χ4n) is 2.55. The molecule has 0 saturated carbocycles. The summed E-state index contributed by atoms with van der Waals surface area (Å²) >= 11 is 0. The molecule has 0 spiro atoms. The van der Waals surface area contributed by atoms with E-state index < -0.39 is 0 Å². The molecule has 1 fully saturated rings. The van der Waals surface area contributed by atoms with Crippen molar-refractivity contribution in [2.24, 2.45) is 0 Å². The average Bonchev–Trinajstić information content (AvgIpc) is 2.51. The highest BCUT2D eigenvalue weighted by Crippen LogP contribution is 2.24. The minimum atomic E-state index is 0.153. The van der Waals surface area contributed by atoms with Crippen LogP contribution in [-0.4, -0.2) is 34.6 Å². The molecular weight excluding hydrogens is 236 g/mol. The fraction of sp³-hybridized carbons (Fsp3) is 0.600. The summed E-state index contributed by atoms with van der Waals surface area (Å²) in [6.45, 7) is 7.38. The molecule has 0 aliphatic carbocycles. The Bertz CT molecular complexity index is 435. The van der Waals surface area contributed by atoms with Gasteiger partial charge in [-0.05, 0) is 44.5 Å². The summed E-state index contributed by atoms with van der Waals surface area (Å²) in [4.78, 5) is 6.54. The maximum atomic E-state index is 8.90. The zero-order chi connectivity index (χ0) is 13.7. The Kier molecular flexibility index (Phi) is 4.52. The lowest BCUT2D eigenvalue weighted by Crippen LogP contribution is -2.45.